The van der Waals surface area contributed by atoms with Gasteiger partial charge in [-0.15, -0.1) is 0 Å². The molecule has 5 rings (SSSR count). The summed E-state index contributed by atoms with van der Waals surface area (Å²) in [7, 11) is 1.81. The average Bonchev–Trinajstić information content (AvgIpc) is 3.47. The quantitative estimate of drug-likeness (QED) is 0.533. The van der Waals surface area contributed by atoms with Gasteiger partial charge in [0.15, 0.2) is 0 Å². The molecule has 0 saturated carbocycles. The van der Waals surface area contributed by atoms with Crippen LogP contribution in [0.25, 0.3) is 33.8 Å². The van der Waals surface area contributed by atoms with E-state index in [4.69, 9.17) is 4.98 Å². The number of aromatic nitrogens is 7. The number of hydrogen-bond acceptors (Lipinski definition) is 5. The highest BCUT2D eigenvalue weighted by Crippen LogP contribution is 2.39. The molecule has 0 spiro atoms. The summed E-state index contributed by atoms with van der Waals surface area (Å²) in [5.41, 5.74) is 3.74. The predicted octanol–water partition coefficient (Wildman–Crippen LogP) is 3.77. The number of anilines is 1. The van der Waals surface area contributed by atoms with Crippen molar-refractivity contribution < 1.29 is 13.2 Å². The van der Waals surface area contributed by atoms with E-state index in [-0.39, 0.29) is 6.04 Å². The number of halogens is 3. The molecule has 0 radical (unpaired) electrons. The zero-order chi connectivity index (χ0) is 21.8. The molecule has 5 heterocycles. The number of H-pyrrole nitrogens is 1. The lowest BCUT2D eigenvalue weighted by atomic mass is 10.1. The maximum atomic E-state index is 13.4. The Morgan fingerprint density at radius 3 is 2.68 bits per heavy atom. The number of nitrogens with one attached hydrogen (secondary N) is 1. The van der Waals surface area contributed by atoms with Gasteiger partial charge in [0.2, 0.25) is 0 Å². The number of pyridine rings is 1. The summed E-state index contributed by atoms with van der Waals surface area (Å²) < 4.78 is 43.0. The Morgan fingerprint density at radius 2 is 2.06 bits per heavy atom. The van der Waals surface area contributed by atoms with Crippen molar-refractivity contribution in [2.45, 2.75) is 38.5 Å². The monoisotopic (exact) mass is 430 g/mol. The third-order valence-corrected chi connectivity index (χ3v) is 5.71. The molecule has 1 atom stereocenters. The lowest BCUT2D eigenvalue weighted by molar-refractivity contribution is -0.141. The van der Waals surface area contributed by atoms with Crippen LogP contribution in [0.2, 0.25) is 0 Å². The molecular formula is C20H21F3N8. The Hall–Kier alpha value is -3.37. The van der Waals surface area contributed by atoms with Crippen LogP contribution in [0.4, 0.5) is 18.9 Å². The number of hydrogen-bond donors (Lipinski definition) is 1. The van der Waals surface area contributed by atoms with Crippen molar-refractivity contribution in [3.8, 4) is 22.8 Å². The molecule has 8 nitrogen and oxygen atoms in total. The molecule has 0 bridgehead atoms. The van der Waals surface area contributed by atoms with Crippen LogP contribution < -0.4 is 4.90 Å². The normalized spacial score (nSPS) is 17.2. The number of aryl methyl sites for hydroxylation is 1. The van der Waals surface area contributed by atoms with Gasteiger partial charge in [-0.3, -0.25) is 14.5 Å². The van der Waals surface area contributed by atoms with Crippen LogP contribution >= 0.6 is 0 Å². The molecule has 0 aromatic carbocycles. The minimum atomic E-state index is -4.42. The van der Waals surface area contributed by atoms with Crippen molar-refractivity contribution in [2.75, 3.05) is 11.4 Å². The van der Waals surface area contributed by atoms with Crippen LogP contribution in [-0.2, 0) is 13.6 Å². The second-order valence-corrected chi connectivity index (χ2v) is 7.84. The Balaban J connectivity index is 1.83. The molecular weight excluding hydrogens is 409 g/mol. The fraction of sp³-hybridized carbons (Fsp3) is 0.400. The van der Waals surface area contributed by atoms with Gasteiger partial charge in [-0.25, -0.2) is 4.98 Å². The molecule has 1 N–H and O–H groups in total. The maximum Gasteiger partial charge on any atom is 0.408 e. The van der Waals surface area contributed by atoms with E-state index in [0.717, 1.165) is 29.8 Å². The van der Waals surface area contributed by atoms with Gasteiger partial charge >= 0.3 is 6.18 Å². The molecule has 0 aliphatic carbocycles. The zero-order valence-corrected chi connectivity index (χ0v) is 17.1. The van der Waals surface area contributed by atoms with Crippen molar-refractivity contribution in [3.05, 3.63) is 30.6 Å². The van der Waals surface area contributed by atoms with E-state index < -0.39 is 12.7 Å². The third kappa shape index (κ3) is 3.43. The zero-order valence-electron chi connectivity index (χ0n) is 17.1. The summed E-state index contributed by atoms with van der Waals surface area (Å²) in [6.07, 6.45) is 0.748. The summed E-state index contributed by atoms with van der Waals surface area (Å²) in [6, 6.07) is 5.57. The van der Waals surface area contributed by atoms with Crippen LogP contribution in [0.15, 0.2) is 30.6 Å². The minimum absolute atomic E-state index is 0.204. The molecule has 1 fully saturated rings. The number of rotatable bonds is 4. The molecule has 0 amide bonds. The summed E-state index contributed by atoms with van der Waals surface area (Å²) in [5, 5.41) is 15.3. The smallest absolute Gasteiger partial charge is 0.367 e. The highest BCUT2D eigenvalue weighted by atomic mass is 19.4. The number of aromatic amines is 1. The van der Waals surface area contributed by atoms with E-state index in [1.165, 1.54) is 0 Å². The summed E-state index contributed by atoms with van der Waals surface area (Å²) in [5.74, 6) is 0. The molecule has 1 aliphatic heterocycles. The Bertz CT molecular complexity index is 1220. The first kappa shape index (κ1) is 19.6. The largest absolute Gasteiger partial charge is 0.408 e. The average molecular weight is 430 g/mol. The van der Waals surface area contributed by atoms with Crippen molar-refractivity contribution >= 4 is 16.7 Å². The van der Waals surface area contributed by atoms with Gasteiger partial charge in [-0.1, -0.05) is 0 Å². The third-order valence-electron chi connectivity index (χ3n) is 5.71. The lowest BCUT2D eigenvalue weighted by Gasteiger charge is -2.25. The fourth-order valence-electron chi connectivity index (χ4n) is 4.28. The SMILES string of the molecule is CC1CCCN1c1cc(-c2ccnn2C)nc2c(-c3ccn[nH]3)nn(CC(F)(F)F)c12. The minimum Gasteiger partial charge on any atom is -0.367 e. The first-order valence-electron chi connectivity index (χ1n) is 10.0. The van der Waals surface area contributed by atoms with Gasteiger partial charge in [-0.05, 0) is 38.0 Å². The highest BCUT2D eigenvalue weighted by Gasteiger charge is 2.33. The van der Waals surface area contributed by atoms with E-state index in [0.29, 0.717) is 33.8 Å². The van der Waals surface area contributed by atoms with E-state index in [9.17, 15) is 13.2 Å². The number of alkyl halides is 3. The van der Waals surface area contributed by atoms with Crippen LogP contribution in [0.3, 0.4) is 0 Å². The molecule has 1 unspecified atom stereocenters. The second-order valence-electron chi connectivity index (χ2n) is 7.84. The van der Waals surface area contributed by atoms with Crippen molar-refractivity contribution in [2.24, 2.45) is 7.05 Å². The first-order valence-corrected chi connectivity index (χ1v) is 10.0. The van der Waals surface area contributed by atoms with E-state index >= 15 is 0 Å². The van der Waals surface area contributed by atoms with E-state index in [2.05, 4.69) is 32.2 Å². The summed E-state index contributed by atoms with van der Waals surface area (Å²) >= 11 is 0. The van der Waals surface area contributed by atoms with Gasteiger partial charge in [0, 0.05) is 32.0 Å². The second kappa shape index (κ2) is 7.10. The number of nitrogens with zero attached hydrogens (tertiary/aromatic N) is 7. The van der Waals surface area contributed by atoms with E-state index in [1.54, 1.807) is 23.1 Å². The van der Waals surface area contributed by atoms with Gasteiger partial charge in [-0.2, -0.15) is 28.5 Å². The summed E-state index contributed by atoms with van der Waals surface area (Å²) in [4.78, 5) is 6.90. The Morgan fingerprint density at radius 1 is 1.23 bits per heavy atom. The molecule has 4 aromatic heterocycles. The molecule has 11 heteroatoms. The van der Waals surface area contributed by atoms with E-state index in [1.807, 2.05) is 19.2 Å². The maximum absolute atomic E-state index is 13.4. The Labute approximate surface area is 175 Å². The lowest BCUT2D eigenvalue weighted by Crippen LogP contribution is -2.27. The van der Waals surface area contributed by atoms with Gasteiger partial charge in [0.05, 0.1) is 22.8 Å². The van der Waals surface area contributed by atoms with Gasteiger partial charge < -0.3 is 4.90 Å². The topological polar surface area (TPSA) is 80.5 Å². The van der Waals surface area contributed by atoms with Crippen LogP contribution in [0.5, 0.6) is 0 Å². The summed E-state index contributed by atoms with van der Waals surface area (Å²) in [6.45, 7) is 1.66. The van der Waals surface area contributed by atoms with Crippen molar-refractivity contribution in [1.29, 1.82) is 0 Å². The van der Waals surface area contributed by atoms with Crippen molar-refractivity contribution in [1.82, 2.24) is 34.7 Å². The standard InChI is InChI=1S/C20H21F3N8/c1-12-4-3-9-30(12)16-10-14(15-6-8-25-29(15)2)26-18-17(13-5-7-24-27-13)28-31(19(16)18)11-20(21,22)23/h5-8,10,12H,3-4,9,11H2,1-2H3,(H,24,27). The van der Waals surface area contributed by atoms with Crippen LogP contribution in [0.1, 0.15) is 19.8 Å². The molecule has 1 aliphatic rings. The highest BCUT2D eigenvalue weighted by molar-refractivity contribution is 5.99. The van der Waals surface area contributed by atoms with Crippen molar-refractivity contribution in [3.63, 3.8) is 0 Å². The fourth-order valence-corrected chi connectivity index (χ4v) is 4.28. The van der Waals surface area contributed by atoms with Crippen LogP contribution in [0, 0.1) is 0 Å². The molecule has 162 valence electrons. The predicted molar refractivity (Wildman–Crippen MR) is 109 cm³/mol. The molecule has 4 aromatic rings. The van der Waals surface area contributed by atoms with Gasteiger partial charge in [0.1, 0.15) is 23.3 Å². The van der Waals surface area contributed by atoms with Gasteiger partial charge in [0.25, 0.3) is 0 Å². The molecule has 1 saturated heterocycles. The molecule has 31 heavy (non-hydrogen) atoms. The van der Waals surface area contributed by atoms with Crippen LogP contribution in [-0.4, -0.2) is 53.5 Å². The Kier molecular flexibility index (Phi) is 4.49. The first-order chi connectivity index (χ1) is 14.8. The number of fused-ring (bicyclic) bond motifs is 1.